The lowest BCUT2D eigenvalue weighted by atomic mass is 9.68. The van der Waals surface area contributed by atoms with Crippen LogP contribution in [0.15, 0.2) is 0 Å². The van der Waals surface area contributed by atoms with Crippen molar-refractivity contribution in [1.82, 2.24) is 0 Å². The van der Waals surface area contributed by atoms with E-state index in [0.717, 1.165) is 6.92 Å². The summed E-state index contributed by atoms with van der Waals surface area (Å²) >= 11 is 0. The smallest absolute Gasteiger partial charge is 0.328 e. The van der Waals surface area contributed by atoms with E-state index in [9.17, 15) is 37.6 Å². The molecule has 3 unspecified atom stereocenters. The van der Waals surface area contributed by atoms with Gasteiger partial charge in [-0.05, 0) is 11.3 Å². The van der Waals surface area contributed by atoms with E-state index in [-0.39, 0.29) is 0 Å². The number of hydrogen-bond acceptors (Lipinski definition) is 5. The number of rotatable bonds is 7. The van der Waals surface area contributed by atoms with Crippen molar-refractivity contribution < 1.29 is 42.7 Å². The summed E-state index contributed by atoms with van der Waals surface area (Å²) < 4.78 is 30.0. The first-order valence-electron chi connectivity index (χ1n) is 6.25. The van der Waals surface area contributed by atoms with Gasteiger partial charge >= 0.3 is 17.9 Å². The lowest BCUT2D eigenvalue weighted by Crippen LogP contribution is -2.62. The lowest BCUT2D eigenvalue weighted by Gasteiger charge is -2.42. The van der Waals surface area contributed by atoms with Gasteiger partial charge in [0.25, 0.3) is 10.1 Å². The highest BCUT2D eigenvalue weighted by Gasteiger charge is 2.65. The molecule has 22 heavy (non-hydrogen) atoms. The van der Waals surface area contributed by atoms with Gasteiger partial charge in [0.2, 0.25) is 4.75 Å². The maximum atomic E-state index is 11.8. The van der Waals surface area contributed by atoms with E-state index in [0.29, 0.717) is 0 Å². The van der Waals surface area contributed by atoms with Gasteiger partial charge in [0.05, 0.1) is 6.42 Å². The van der Waals surface area contributed by atoms with Gasteiger partial charge < -0.3 is 15.3 Å². The van der Waals surface area contributed by atoms with Crippen LogP contribution in [0.5, 0.6) is 0 Å². The maximum absolute atomic E-state index is 11.8. The van der Waals surface area contributed by atoms with Crippen LogP contribution >= 0.6 is 0 Å². The molecule has 0 radical (unpaired) electrons. The molecule has 0 aliphatic heterocycles. The van der Waals surface area contributed by atoms with Gasteiger partial charge in [-0.25, -0.2) is 0 Å². The minimum absolute atomic E-state index is 1.04. The van der Waals surface area contributed by atoms with E-state index in [1.807, 2.05) is 0 Å². The fourth-order valence-corrected chi connectivity index (χ4v) is 3.95. The summed E-state index contributed by atoms with van der Waals surface area (Å²) in [6, 6.07) is 0. The highest BCUT2D eigenvalue weighted by atomic mass is 32.2. The zero-order valence-electron chi connectivity index (χ0n) is 12.6. The van der Waals surface area contributed by atoms with Crippen LogP contribution in [0.25, 0.3) is 0 Å². The van der Waals surface area contributed by atoms with E-state index in [4.69, 9.17) is 5.11 Å². The van der Waals surface area contributed by atoms with Gasteiger partial charge in [0.1, 0.15) is 5.92 Å². The van der Waals surface area contributed by atoms with Crippen LogP contribution in [0.2, 0.25) is 0 Å². The van der Waals surface area contributed by atoms with Crippen LogP contribution in [0.1, 0.15) is 34.1 Å². The Morgan fingerprint density at radius 3 is 1.64 bits per heavy atom. The Bertz CT molecular complexity index is 572. The number of hydrogen-bond donors (Lipinski definition) is 4. The third kappa shape index (κ3) is 3.55. The van der Waals surface area contributed by atoms with Gasteiger partial charge in [-0.1, -0.05) is 27.7 Å². The monoisotopic (exact) mass is 340 g/mol. The fraction of sp³-hybridized carbons (Fsp3) is 0.750. The van der Waals surface area contributed by atoms with Gasteiger partial charge in [-0.3, -0.25) is 18.9 Å². The Morgan fingerprint density at radius 2 is 1.45 bits per heavy atom. The molecule has 0 aliphatic carbocycles. The topological polar surface area (TPSA) is 166 Å². The maximum Gasteiger partial charge on any atom is 0.328 e. The van der Waals surface area contributed by atoms with E-state index in [2.05, 4.69) is 0 Å². The summed E-state index contributed by atoms with van der Waals surface area (Å²) in [6.07, 6.45) is -1.26. The average Bonchev–Trinajstić information content (AvgIpc) is 2.23. The molecule has 0 amide bonds. The minimum Gasteiger partial charge on any atom is -0.481 e. The third-order valence-corrected chi connectivity index (χ3v) is 5.56. The van der Waals surface area contributed by atoms with Gasteiger partial charge in [0, 0.05) is 0 Å². The highest BCUT2D eigenvalue weighted by molar-refractivity contribution is 7.88. The standard InChI is InChI=1S/C12H20O9S/c1-6(11(2,3)4)12(10(17)18,22(19,20)21)7(9(15)16)5-8(13)14/h6-7H,5H2,1-4H3,(H,13,14)(H,15,16)(H,17,18)(H,19,20,21). The van der Waals surface area contributed by atoms with Crippen molar-refractivity contribution in [2.75, 3.05) is 0 Å². The Hall–Kier alpha value is -1.68. The van der Waals surface area contributed by atoms with Crippen molar-refractivity contribution >= 4 is 28.0 Å². The Labute approximate surface area is 127 Å². The molecule has 128 valence electrons. The molecule has 0 saturated heterocycles. The van der Waals surface area contributed by atoms with Crippen molar-refractivity contribution in [3.05, 3.63) is 0 Å². The fourth-order valence-electron chi connectivity index (χ4n) is 2.39. The van der Waals surface area contributed by atoms with E-state index in [1.54, 1.807) is 0 Å². The first kappa shape index (κ1) is 20.3. The van der Waals surface area contributed by atoms with Crippen LogP contribution in [0.4, 0.5) is 0 Å². The predicted molar refractivity (Wildman–Crippen MR) is 73.9 cm³/mol. The molecule has 4 N–H and O–H groups in total. The number of aliphatic carboxylic acids is 3. The molecular formula is C12H20O9S. The Morgan fingerprint density at radius 1 is 1.05 bits per heavy atom. The summed E-state index contributed by atoms with van der Waals surface area (Å²) in [5.41, 5.74) is -1.04. The zero-order chi connectivity index (χ0) is 18.1. The summed E-state index contributed by atoms with van der Waals surface area (Å²) in [5.74, 6) is -9.48. The molecule has 0 rings (SSSR count). The van der Waals surface area contributed by atoms with E-state index >= 15 is 0 Å². The molecule has 0 aromatic heterocycles. The van der Waals surface area contributed by atoms with Crippen LogP contribution in [-0.2, 0) is 24.5 Å². The Kier molecular flexibility index (Phi) is 5.73. The third-order valence-electron chi connectivity index (χ3n) is 3.90. The molecule has 10 heteroatoms. The van der Waals surface area contributed by atoms with E-state index < -0.39 is 56.4 Å². The second-order valence-electron chi connectivity index (χ2n) is 6.15. The summed E-state index contributed by atoms with van der Waals surface area (Å²) in [6.45, 7) is 5.53. The van der Waals surface area contributed by atoms with E-state index in [1.165, 1.54) is 20.8 Å². The molecule has 0 bridgehead atoms. The molecule has 0 fully saturated rings. The van der Waals surface area contributed by atoms with Crippen LogP contribution in [0.3, 0.4) is 0 Å². The molecule has 0 aliphatic rings. The van der Waals surface area contributed by atoms with Gasteiger partial charge in [0.15, 0.2) is 0 Å². The molecule has 0 spiro atoms. The second kappa shape index (κ2) is 6.21. The van der Waals surface area contributed by atoms with Crippen molar-refractivity contribution in [3.8, 4) is 0 Å². The normalized spacial score (nSPS) is 18.0. The molecule has 0 aromatic carbocycles. The second-order valence-corrected chi connectivity index (χ2v) is 7.78. The number of carbonyl (C=O) groups is 3. The minimum atomic E-state index is -5.44. The SMILES string of the molecule is CC(C(C)(C)C)C(C(=O)O)(C(CC(=O)O)C(=O)O)S(=O)(=O)O. The van der Waals surface area contributed by atoms with Crippen LogP contribution < -0.4 is 0 Å². The lowest BCUT2D eigenvalue weighted by molar-refractivity contribution is -0.158. The van der Waals surface area contributed by atoms with Crippen molar-refractivity contribution in [2.45, 2.75) is 38.9 Å². The molecule has 0 aromatic rings. The van der Waals surface area contributed by atoms with Crippen LogP contribution in [0, 0.1) is 17.3 Å². The summed E-state index contributed by atoms with van der Waals surface area (Å²) in [5, 5.41) is 27.4. The average molecular weight is 340 g/mol. The molecule has 9 nitrogen and oxygen atoms in total. The summed E-state index contributed by atoms with van der Waals surface area (Å²) in [4.78, 5) is 33.9. The van der Waals surface area contributed by atoms with Gasteiger partial charge in [-0.15, -0.1) is 0 Å². The first-order valence-corrected chi connectivity index (χ1v) is 7.69. The Balaban J connectivity index is 6.73. The van der Waals surface area contributed by atoms with Crippen molar-refractivity contribution in [3.63, 3.8) is 0 Å². The first-order chi connectivity index (χ1) is 9.60. The summed E-state index contributed by atoms with van der Waals surface area (Å²) in [7, 11) is -5.44. The zero-order valence-corrected chi connectivity index (χ0v) is 13.4. The molecule has 0 saturated carbocycles. The molecule has 0 heterocycles. The van der Waals surface area contributed by atoms with Crippen LogP contribution in [-0.4, -0.2) is 50.9 Å². The van der Waals surface area contributed by atoms with Gasteiger partial charge in [-0.2, -0.15) is 8.42 Å². The molecule has 3 atom stereocenters. The molecular weight excluding hydrogens is 320 g/mol. The number of carboxylic acid groups (broad SMARTS) is 3. The quantitative estimate of drug-likeness (QED) is 0.484. The largest absolute Gasteiger partial charge is 0.481 e. The number of carboxylic acids is 3. The van der Waals surface area contributed by atoms with Crippen molar-refractivity contribution in [2.24, 2.45) is 17.3 Å². The van der Waals surface area contributed by atoms with Crippen molar-refractivity contribution in [1.29, 1.82) is 0 Å². The predicted octanol–water partition coefficient (Wildman–Crippen LogP) is 0.555. The highest BCUT2D eigenvalue weighted by Crippen LogP contribution is 2.45.